The van der Waals surface area contributed by atoms with E-state index in [0.29, 0.717) is 11.1 Å². The smallest absolute Gasteiger partial charge is 0.333 e. The van der Waals surface area contributed by atoms with Gasteiger partial charge in [0.1, 0.15) is 17.2 Å². The molecule has 0 unspecified atom stereocenters. The van der Waals surface area contributed by atoms with Crippen molar-refractivity contribution in [3.05, 3.63) is 108 Å². The van der Waals surface area contributed by atoms with Gasteiger partial charge in [-0.1, -0.05) is 117 Å². The predicted molar refractivity (Wildman–Crippen MR) is 225 cm³/mol. The van der Waals surface area contributed by atoms with Crippen molar-refractivity contribution in [2.45, 2.75) is 134 Å². The number of benzene rings is 3. The molecule has 3 aromatic rings. The lowest BCUT2D eigenvalue weighted by Crippen LogP contribution is -2.45. The Morgan fingerprint density at radius 2 is 0.897 bits per heavy atom. The summed E-state index contributed by atoms with van der Waals surface area (Å²) in [5.41, 5.74) is 6.72. The van der Waals surface area contributed by atoms with Crippen LogP contribution in [0.25, 0.3) is 0 Å². The second-order valence-corrected chi connectivity index (χ2v) is 16.2. The lowest BCUT2D eigenvalue weighted by molar-refractivity contribution is -0.158. The number of hydrogen-bond acceptors (Lipinski definition) is 8. The molecular formula is C44H61BN5O8. The minimum absolute atomic E-state index is 0. The molecule has 0 bridgehead atoms. The van der Waals surface area contributed by atoms with Crippen LogP contribution in [0.4, 0.5) is 9.59 Å². The van der Waals surface area contributed by atoms with Crippen LogP contribution in [0, 0.1) is 0 Å². The van der Waals surface area contributed by atoms with Crippen LogP contribution in [0.2, 0.25) is 0 Å². The maximum absolute atomic E-state index is 12.5. The van der Waals surface area contributed by atoms with Gasteiger partial charge in [-0.05, 0) is 83.9 Å². The van der Waals surface area contributed by atoms with Crippen LogP contribution in [0.3, 0.4) is 0 Å². The molecule has 3 atom stereocenters. The zero-order chi connectivity index (χ0) is 42.0. The molecule has 313 valence electrons. The lowest BCUT2D eigenvalue weighted by Gasteiger charge is -2.25. The molecule has 2 fully saturated rings. The first-order chi connectivity index (χ1) is 26.9. The summed E-state index contributed by atoms with van der Waals surface area (Å²) < 4.78 is 10.6. The van der Waals surface area contributed by atoms with Crippen molar-refractivity contribution in [3.8, 4) is 0 Å². The summed E-state index contributed by atoms with van der Waals surface area (Å²) >= 11 is 0. The van der Waals surface area contributed by atoms with E-state index in [-0.39, 0.29) is 26.5 Å². The molecule has 0 heterocycles. The maximum atomic E-state index is 12.5. The Bertz CT molecular complexity index is 1710. The van der Waals surface area contributed by atoms with Crippen LogP contribution < -0.4 is 27.0 Å². The fraction of sp³-hybridized carbons (Fsp3) is 0.477. The van der Waals surface area contributed by atoms with Gasteiger partial charge < -0.3 is 41.6 Å². The molecule has 2 saturated carbocycles. The van der Waals surface area contributed by atoms with E-state index in [4.69, 9.17) is 15.2 Å². The first-order valence-electron chi connectivity index (χ1n) is 19.6. The Morgan fingerprint density at radius 3 is 1.26 bits per heavy atom. The van der Waals surface area contributed by atoms with Crippen LogP contribution in [-0.4, -0.2) is 66.8 Å². The number of nitrogens with two attached hydrogens (primary N) is 1. The fourth-order valence-corrected chi connectivity index (χ4v) is 6.24. The number of rotatable bonds is 10. The summed E-state index contributed by atoms with van der Waals surface area (Å²) in [6, 6.07) is 24.2. The van der Waals surface area contributed by atoms with Crippen LogP contribution in [0.15, 0.2) is 91.0 Å². The number of esters is 2. The van der Waals surface area contributed by atoms with Gasteiger partial charge in [0, 0.05) is 20.5 Å². The third-order valence-electron chi connectivity index (χ3n) is 8.91. The third-order valence-corrected chi connectivity index (χ3v) is 8.91. The number of ether oxygens (including phenoxy) is 2. The Labute approximate surface area is 345 Å². The van der Waals surface area contributed by atoms with Crippen LogP contribution in [-0.2, 0) is 23.9 Å². The molecule has 0 saturated heterocycles. The molecule has 0 spiro atoms. The van der Waals surface area contributed by atoms with Crippen LogP contribution in [0.1, 0.15) is 128 Å². The van der Waals surface area contributed by atoms with Crippen molar-refractivity contribution in [1.82, 2.24) is 21.3 Å². The lowest BCUT2D eigenvalue weighted by atomic mass is 10.1. The van der Waals surface area contributed by atoms with Crippen LogP contribution >= 0.6 is 0 Å². The molecule has 3 aromatic carbocycles. The van der Waals surface area contributed by atoms with E-state index >= 15 is 0 Å². The molecular weight excluding hydrogens is 737 g/mol. The van der Waals surface area contributed by atoms with Crippen molar-refractivity contribution in [3.63, 3.8) is 0 Å². The first-order valence-corrected chi connectivity index (χ1v) is 19.6. The molecule has 2 aliphatic rings. The number of carboxylic acid groups (broad SMARTS) is 1. The highest BCUT2D eigenvalue weighted by atomic mass is 16.6. The largest absolute Gasteiger partial charge is 0.479 e. The molecule has 2 aliphatic carbocycles. The summed E-state index contributed by atoms with van der Waals surface area (Å²) in [5, 5.41) is 20.2. The van der Waals surface area contributed by atoms with Gasteiger partial charge in [-0.2, -0.15) is 0 Å². The molecule has 0 aromatic heterocycles. The van der Waals surface area contributed by atoms with E-state index in [9.17, 15) is 29.1 Å². The summed E-state index contributed by atoms with van der Waals surface area (Å²) in [6.07, 6.45) is 8.44. The SMILES string of the molecule is CC(C)(C)OC(=O)[C@H](N)c1ccccc1.CC(C)(C)OC(=O)[C@H](NC(=O)NC1CCCC1)c1ccccc1.O=C(NC1CCCC1)N[C@@H](C(=O)O)c1ccccc1.[B]. The number of aliphatic carboxylic acids is 1. The molecule has 14 heteroatoms. The first kappa shape index (κ1) is 48.8. The topological polar surface area (TPSA) is 198 Å². The van der Waals surface area contributed by atoms with Crippen molar-refractivity contribution in [2.75, 3.05) is 0 Å². The van der Waals surface area contributed by atoms with Gasteiger partial charge in [0.2, 0.25) is 0 Å². The second kappa shape index (κ2) is 23.8. The summed E-state index contributed by atoms with van der Waals surface area (Å²) in [4.78, 5) is 59.3. The Kier molecular flexibility index (Phi) is 20.0. The average molecular weight is 799 g/mol. The quantitative estimate of drug-likeness (QED) is 0.0923. The molecule has 7 N–H and O–H groups in total. The van der Waals surface area contributed by atoms with Gasteiger partial charge in [0.05, 0.1) is 0 Å². The Balaban J connectivity index is 0.000000304. The number of nitrogens with one attached hydrogen (secondary N) is 4. The van der Waals surface area contributed by atoms with Gasteiger partial charge in [0.15, 0.2) is 12.1 Å². The second-order valence-electron chi connectivity index (χ2n) is 16.2. The number of carboxylic acids is 1. The maximum Gasteiger partial charge on any atom is 0.333 e. The number of hydrogen-bond donors (Lipinski definition) is 6. The molecule has 58 heavy (non-hydrogen) atoms. The molecule has 4 amide bonds. The molecule has 5 rings (SSSR count). The normalized spacial score (nSPS) is 15.6. The zero-order valence-corrected chi connectivity index (χ0v) is 34.7. The van der Waals surface area contributed by atoms with Crippen molar-refractivity contribution in [2.24, 2.45) is 5.73 Å². The van der Waals surface area contributed by atoms with Crippen molar-refractivity contribution in [1.29, 1.82) is 0 Å². The monoisotopic (exact) mass is 798 g/mol. The van der Waals surface area contributed by atoms with Gasteiger partial charge in [-0.25, -0.2) is 24.0 Å². The van der Waals surface area contributed by atoms with E-state index in [1.807, 2.05) is 102 Å². The molecule has 3 radical (unpaired) electrons. The number of carbonyl (C=O) groups excluding carboxylic acids is 4. The van der Waals surface area contributed by atoms with Gasteiger partial charge >= 0.3 is 30.0 Å². The van der Waals surface area contributed by atoms with Gasteiger partial charge in [-0.3, -0.25) is 0 Å². The van der Waals surface area contributed by atoms with E-state index in [2.05, 4.69) is 21.3 Å². The highest BCUT2D eigenvalue weighted by Crippen LogP contribution is 2.21. The Hall–Kier alpha value is -5.37. The minimum atomic E-state index is -1.06. The number of amides is 4. The standard InChI is InChI=1S/C18H26N2O3.C14H18N2O3.C12H17NO2.B/c1-18(2,3)23-16(21)15(13-9-5-4-6-10-13)20-17(22)19-14-11-7-8-12-14;17-13(18)12(10-6-2-1-3-7-10)16-14(19)15-11-8-4-5-9-11;1-12(2,3)15-11(14)10(13)9-7-5-4-6-8-9;/h4-6,9-10,14-15H,7-8,11-12H2,1-3H3,(H2,19,20,22);1-3,6-7,11-12H,4-5,8-9H2,(H,17,18)(H2,15,16,19);4-8,10H,13H2,1-3H3;/t15-;12-;10-;/m111./s1. The van der Waals surface area contributed by atoms with Crippen LogP contribution in [0.5, 0.6) is 0 Å². The van der Waals surface area contributed by atoms with Gasteiger partial charge in [0.25, 0.3) is 0 Å². The fourth-order valence-electron chi connectivity index (χ4n) is 6.24. The predicted octanol–water partition coefficient (Wildman–Crippen LogP) is 7.01. The third kappa shape index (κ3) is 18.3. The minimum Gasteiger partial charge on any atom is -0.479 e. The highest BCUT2D eigenvalue weighted by Gasteiger charge is 2.29. The van der Waals surface area contributed by atoms with E-state index in [0.717, 1.165) is 56.9 Å². The number of urea groups is 2. The molecule has 13 nitrogen and oxygen atoms in total. The number of carbonyl (C=O) groups is 5. The summed E-state index contributed by atoms with van der Waals surface area (Å²) in [7, 11) is 0. The average Bonchev–Trinajstić information content (AvgIpc) is 3.87. The van der Waals surface area contributed by atoms with E-state index in [1.54, 1.807) is 30.3 Å². The summed E-state index contributed by atoms with van der Waals surface area (Å²) in [6.45, 7) is 10.9. The zero-order valence-electron chi connectivity index (χ0n) is 34.7. The Morgan fingerprint density at radius 1 is 0.569 bits per heavy atom. The van der Waals surface area contributed by atoms with E-state index < -0.39 is 53.3 Å². The van der Waals surface area contributed by atoms with Crippen molar-refractivity contribution < 1.29 is 38.6 Å². The highest BCUT2D eigenvalue weighted by molar-refractivity contribution is 5.85. The summed E-state index contributed by atoms with van der Waals surface area (Å²) in [5.74, 6) is -1.91. The molecule has 0 aliphatic heterocycles. The van der Waals surface area contributed by atoms with Gasteiger partial charge in [-0.15, -0.1) is 0 Å². The van der Waals surface area contributed by atoms with E-state index in [1.165, 1.54) is 0 Å². The van der Waals surface area contributed by atoms with Crippen molar-refractivity contribution >= 4 is 38.4 Å².